The van der Waals surface area contributed by atoms with Crippen molar-refractivity contribution in [2.24, 2.45) is 5.73 Å². The normalized spacial score (nSPS) is 17.0. The lowest BCUT2D eigenvalue weighted by Crippen LogP contribution is -2.39. The number of amides is 1. The first-order chi connectivity index (χ1) is 12.3. The van der Waals surface area contributed by atoms with E-state index in [-0.39, 0.29) is 11.7 Å². The first kappa shape index (κ1) is 19.6. The summed E-state index contributed by atoms with van der Waals surface area (Å²) in [6.07, 6.45) is 1.81. The second kappa shape index (κ2) is 7.84. The number of carbonyl (C=O) groups is 1. The molecule has 0 radical (unpaired) electrons. The van der Waals surface area contributed by atoms with E-state index in [0.717, 1.165) is 15.6 Å². The van der Waals surface area contributed by atoms with Gasteiger partial charge in [-0.2, -0.15) is 5.10 Å². The molecular weight excluding hydrogens is 444 g/mol. The minimum atomic E-state index is -3.25. The number of aromatic amines is 1. The maximum atomic E-state index is 12.3. The molecule has 0 aliphatic carbocycles. The summed E-state index contributed by atoms with van der Waals surface area (Å²) in [6.45, 7) is 0.917. The Morgan fingerprint density at radius 1 is 1.38 bits per heavy atom. The number of nitrogens with zero attached hydrogens (tertiary/aromatic N) is 2. The highest BCUT2D eigenvalue weighted by Crippen LogP contribution is 2.34. The molecule has 0 spiro atoms. The molecule has 1 amide bonds. The van der Waals surface area contributed by atoms with Crippen LogP contribution in [0.3, 0.4) is 0 Å². The van der Waals surface area contributed by atoms with Gasteiger partial charge < -0.3 is 5.73 Å². The average molecular weight is 464 g/mol. The molecule has 7 nitrogen and oxygen atoms in total. The third kappa shape index (κ3) is 3.90. The van der Waals surface area contributed by atoms with Crippen LogP contribution in [0.5, 0.6) is 0 Å². The number of halogens is 2. The number of carbonyl (C=O) groups excluding carboxylic acids is 1. The summed E-state index contributed by atoms with van der Waals surface area (Å²) >= 11 is 9.02. The molecular formula is C16H20BrClN4O3S. The van der Waals surface area contributed by atoms with Crippen molar-refractivity contribution >= 4 is 54.4 Å². The largest absolute Gasteiger partial charge is 0.366 e. The summed E-state index contributed by atoms with van der Waals surface area (Å²) in [4.78, 5) is 11.7. The number of piperidine rings is 1. The number of benzene rings is 1. The maximum Gasteiger partial charge on any atom is 0.250 e. The van der Waals surface area contributed by atoms with Crippen LogP contribution >= 0.6 is 27.5 Å². The van der Waals surface area contributed by atoms with Gasteiger partial charge in [0.1, 0.15) is 0 Å². The molecule has 0 unspecified atom stereocenters. The Morgan fingerprint density at radius 3 is 2.69 bits per heavy atom. The third-order valence-electron chi connectivity index (χ3n) is 4.70. The highest BCUT2D eigenvalue weighted by Gasteiger charge is 2.30. The van der Waals surface area contributed by atoms with E-state index in [4.69, 9.17) is 17.3 Å². The predicted molar refractivity (Wildman–Crippen MR) is 105 cm³/mol. The van der Waals surface area contributed by atoms with Gasteiger partial charge in [-0.3, -0.25) is 9.89 Å². The van der Waals surface area contributed by atoms with Crippen LogP contribution in [0.25, 0.3) is 10.9 Å². The molecule has 3 N–H and O–H groups in total. The summed E-state index contributed by atoms with van der Waals surface area (Å²) in [5.74, 6) is 0.0259. The number of rotatable bonds is 6. The fourth-order valence-corrected chi connectivity index (χ4v) is 5.67. The summed E-state index contributed by atoms with van der Waals surface area (Å²) < 4.78 is 26.9. The van der Waals surface area contributed by atoms with Gasteiger partial charge in [-0.25, -0.2) is 12.7 Å². The number of fused-ring (bicyclic) bond motifs is 1. The Kier molecular flexibility index (Phi) is 5.91. The van der Waals surface area contributed by atoms with Crippen LogP contribution in [0.1, 0.15) is 41.2 Å². The van der Waals surface area contributed by atoms with E-state index in [1.54, 1.807) is 6.07 Å². The van der Waals surface area contributed by atoms with Crippen molar-refractivity contribution in [3.8, 4) is 0 Å². The molecule has 0 saturated carbocycles. The molecule has 1 fully saturated rings. The molecule has 1 aliphatic heterocycles. The Morgan fingerprint density at radius 2 is 2.08 bits per heavy atom. The number of aromatic nitrogens is 2. The minimum Gasteiger partial charge on any atom is -0.366 e. The van der Waals surface area contributed by atoms with Crippen molar-refractivity contribution in [1.29, 1.82) is 0 Å². The molecule has 1 aromatic carbocycles. The van der Waals surface area contributed by atoms with Gasteiger partial charge in [0.25, 0.3) is 5.91 Å². The topological polar surface area (TPSA) is 109 Å². The summed E-state index contributed by atoms with van der Waals surface area (Å²) in [6, 6.07) is 3.57. The zero-order valence-corrected chi connectivity index (χ0v) is 17.2. The van der Waals surface area contributed by atoms with Crippen LogP contribution in [0.4, 0.5) is 0 Å². The molecule has 0 bridgehead atoms. The molecule has 3 rings (SSSR count). The van der Waals surface area contributed by atoms with Gasteiger partial charge >= 0.3 is 0 Å². The standard InChI is InChI=1S/C16H20BrClN4O3S/c17-11-8-12-14(20-21-15(12)13(9-11)16(19)23)10-2-5-22(6-3-10)26(24,25)7-1-4-18/h8-10H,1-7H2,(H2,19,23)(H,20,21). The van der Waals surface area contributed by atoms with E-state index in [2.05, 4.69) is 26.1 Å². The Bertz CT molecular complexity index is 923. The zero-order valence-electron chi connectivity index (χ0n) is 14.0. The number of alkyl halides is 1. The second-order valence-electron chi connectivity index (χ2n) is 6.38. The summed E-state index contributed by atoms with van der Waals surface area (Å²) in [5, 5.41) is 8.16. The second-order valence-corrected chi connectivity index (χ2v) is 9.76. The Balaban J connectivity index is 1.81. The zero-order chi connectivity index (χ0) is 18.9. The lowest BCUT2D eigenvalue weighted by atomic mass is 9.92. The van der Waals surface area contributed by atoms with Gasteiger partial charge in [0.15, 0.2) is 0 Å². The van der Waals surface area contributed by atoms with E-state index in [1.165, 1.54) is 4.31 Å². The van der Waals surface area contributed by atoms with Crippen LogP contribution in [0, 0.1) is 0 Å². The molecule has 2 heterocycles. The van der Waals surface area contributed by atoms with Gasteiger partial charge in [-0.05, 0) is 31.4 Å². The molecule has 1 saturated heterocycles. The molecule has 2 aromatic rings. The minimum absolute atomic E-state index is 0.0847. The van der Waals surface area contributed by atoms with Crippen molar-refractivity contribution in [3.63, 3.8) is 0 Å². The molecule has 1 aliphatic rings. The van der Waals surface area contributed by atoms with Crippen LogP contribution in [-0.2, 0) is 10.0 Å². The van der Waals surface area contributed by atoms with E-state index in [0.29, 0.717) is 49.3 Å². The quantitative estimate of drug-likeness (QED) is 0.642. The highest BCUT2D eigenvalue weighted by molar-refractivity contribution is 9.10. The van der Waals surface area contributed by atoms with E-state index in [1.807, 2.05) is 6.07 Å². The van der Waals surface area contributed by atoms with E-state index < -0.39 is 15.9 Å². The average Bonchev–Trinajstić information content (AvgIpc) is 3.03. The number of primary amides is 1. The lowest BCUT2D eigenvalue weighted by Gasteiger charge is -2.30. The van der Waals surface area contributed by atoms with Crippen molar-refractivity contribution in [2.45, 2.75) is 25.2 Å². The van der Waals surface area contributed by atoms with Gasteiger partial charge in [0.2, 0.25) is 10.0 Å². The van der Waals surface area contributed by atoms with Crippen molar-refractivity contribution in [1.82, 2.24) is 14.5 Å². The monoisotopic (exact) mass is 462 g/mol. The lowest BCUT2D eigenvalue weighted by molar-refractivity contribution is 0.100. The number of nitrogens with two attached hydrogens (primary N) is 1. The first-order valence-corrected chi connectivity index (χ1v) is 11.3. The van der Waals surface area contributed by atoms with Crippen molar-refractivity contribution in [2.75, 3.05) is 24.7 Å². The first-order valence-electron chi connectivity index (χ1n) is 8.34. The smallest absolute Gasteiger partial charge is 0.250 e. The third-order valence-corrected chi connectivity index (χ3v) is 7.38. The summed E-state index contributed by atoms with van der Waals surface area (Å²) in [5.41, 5.74) is 7.30. The Labute approximate surface area is 165 Å². The number of H-pyrrole nitrogens is 1. The highest BCUT2D eigenvalue weighted by atomic mass is 79.9. The van der Waals surface area contributed by atoms with Crippen LogP contribution in [0.2, 0.25) is 0 Å². The molecule has 26 heavy (non-hydrogen) atoms. The molecule has 10 heteroatoms. The van der Waals surface area contributed by atoms with Gasteiger partial charge in [-0.15, -0.1) is 11.6 Å². The van der Waals surface area contributed by atoms with Crippen molar-refractivity contribution in [3.05, 3.63) is 27.9 Å². The maximum absolute atomic E-state index is 12.3. The van der Waals surface area contributed by atoms with E-state index in [9.17, 15) is 13.2 Å². The number of sulfonamides is 1. The molecule has 142 valence electrons. The van der Waals surface area contributed by atoms with Gasteiger partial charge in [-0.1, -0.05) is 15.9 Å². The number of hydrogen-bond donors (Lipinski definition) is 2. The SMILES string of the molecule is NC(=O)c1cc(Br)cc2c(C3CCN(S(=O)(=O)CCCCl)CC3)n[nH]c12. The van der Waals surface area contributed by atoms with Crippen LogP contribution < -0.4 is 5.73 Å². The predicted octanol–water partition coefficient (Wildman–Crippen LogP) is 2.56. The molecule has 1 aromatic heterocycles. The van der Waals surface area contributed by atoms with Gasteiger partial charge in [0.05, 0.1) is 22.5 Å². The molecule has 0 atom stereocenters. The van der Waals surface area contributed by atoms with E-state index >= 15 is 0 Å². The fraction of sp³-hybridized carbons (Fsp3) is 0.500. The number of hydrogen-bond acceptors (Lipinski definition) is 4. The van der Waals surface area contributed by atoms with Crippen LogP contribution in [0.15, 0.2) is 16.6 Å². The fourth-order valence-electron chi connectivity index (χ4n) is 3.38. The van der Waals surface area contributed by atoms with Gasteiger partial charge in [0, 0.05) is 34.7 Å². The van der Waals surface area contributed by atoms with Crippen LogP contribution in [-0.4, -0.2) is 53.5 Å². The number of nitrogens with one attached hydrogen (secondary N) is 1. The Hall–Kier alpha value is -1.16. The van der Waals surface area contributed by atoms with Crippen molar-refractivity contribution < 1.29 is 13.2 Å². The summed E-state index contributed by atoms with van der Waals surface area (Å²) in [7, 11) is -3.25.